The fourth-order valence-corrected chi connectivity index (χ4v) is 2.89. The number of hydrogen-bond donors (Lipinski definition) is 3. The third-order valence-electron chi connectivity index (χ3n) is 4.15. The van der Waals surface area contributed by atoms with Crippen molar-refractivity contribution >= 4 is 5.91 Å². The molecule has 1 aromatic heterocycles. The number of aromatic amines is 1. The van der Waals surface area contributed by atoms with Gasteiger partial charge in [-0.25, -0.2) is 0 Å². The predicted molar refractivity (Wildman–Crippen MR) is 86.5 cm³/mol. The number of carbonyl (C=O) groups excluding carboxylic acids is 1. The van der Waals surface area contributed by atoms with Gasteiger partial charge in [-0.05, 0) is 23.6 Å². The van der Waals surface area contributed by atoms with Crippen molar-refractivity contribution in [2.24, 2.45) is 0 Å². The van der Waals surface area contributed by atoms with Crippen molar-refractivity contribution in [2.75, 3.05) is 13.1 Å². The molecule has 6 nitrogen and oxygen atoms in total. The van der Waals surface area contributed by atoms with Crippen LogP contribution in [-0.2, 0) is 24.3 Å². The van der Waals surface area contributed by atoms with Crippen LogP contribution in [0.15, 0.2) is 36.5 Å². The normalized spacial score (nSPS) is 18.2. The van der Waals surface area contributed by atoms with Crippen molar-refractivity contribution < 1.29 is 9.90 Å². The Labute approximate surface area is 135 Å². The highest BCUT2D eigenvalue weighted by Gasteiger charge is 2.20. The lowest BCUT2D eigenvalue weighted by molar-refractivity contribution is -0.120. The molecule has 0 aliphatic carbocycles. The van der Waals surface area contributed by atoms with Crippen LogP contribution in [0.2, 0.25) is 0 Å². The van der Waals surface area contributed by atoms with Crippen molar-refractivity contribution in [1.29, 1.82) is 0 Å². The first-order chi connectivity index (χ1) is 11.2. The fraction of sp³-hybridized carbons (Fsp3) is 0.412. The molecule has 1 fully saturated rings. The first-order valence-corrected chi connectivity index (χ1v) is 7.93. The molecule has 2 aromatic rings. The highest BCUT2D eigenvalue weighted by molar-refractivity contribution is 5.78. The van der Waals surface area contributed by atoms with Crippen molar-refractivity contribution in [1.82, 2.24) is 20.4 Å². The van der Waals surface area contributed by atoms with E-state index >= 15 is 0 Å². The van der Waals surface area contributed by atoms with Crippen LogP contribution in [0.4, 0.5) is 0 Å². The van der Waals surface area contributed by atoms with Crippen LogP contribution in [0.5, 0.6) is 0 Å². The number of aliphatic hydroxyl groups excluding tert-OH is 1. The van der Waals surface area contributed by atoms with Gasteiger partial charge in [-0.15, -0.1) is 0 Å². The molecule has 2 heterocycles. The number of β-amino-alcohol motifs (C(OH)–C–C–N with tert-alkyl or cyclic N) is 1. The molecule has 3 rings (SSSR count). The lowest BCUT2D eigenvalue weighted by atomic mass is 10.1. The Kier molecular flexibility index (Phi) is 5.05. The van der Waals surface area contributed by atoms with Gasteiger partial charge in [0.05, 0.1) is 12.5 Å². The molecular weight excluding hydrogens is 292 g/mol. The summed E-state index contributed by atoms with van der Waals surface area (Å²) in [4.78, 5) is 14.2. The SMILES string of the molecule is O=C(Cc1ccn[nH]1)NCc1ccccc1CN1CC[C@@H](O)C1. The molecule has 1 saturated heterocycles. The summed E-state index contributed by atoms with van der Waals surface area (Å²) in [5, 5.41) is 19.2. The van der Waals surface area contributed by atoms with Crippen LogP contribution in [0, 0.1) is 0 Å². The number of H-pyrrole nitrogens is 1. The van der Waals surface area contributed by atoms with E-state index in [2.05, 4.69) is 26.5 Å². The summed E-state index contributed by atoms with van der Waals surface area (Å²) in [7, 11) is 0. The minimum atomic E-state index is -0.212. The lowest BCUT2D eigenvalue weighted by Gasteiger charge is -2.18. The van der Waals surface area contributed by atoms with E-state index in [-0.39, 0.29) is 12.0 Å². The molecule has 0 spiro atoms. The largest absolute Gasteiger partial charge is 0.392 e. The molecule has 1 aromatic carbocycles. The molecule has 1 atom stereocenters. The highest BCUT2D eigenvalue weighted by Crippen LogP contribution is 2.16. The number of nitrogens with zero attached hydrogens (tertiary/aromatic N) is 2. The Morgan fingerprint density at radius 3 is 2.87 bits per heavy atom. The zero-order valence-corrected chi connectivity index (χ0v) is 13.0. The summed E-state index contributed by atoms with van der Waals surface area (Å²) in [6, 6.07) is 9.92. The summed E-state index contributed by atoms with van der Waals surface area (Å²) in [5.41, 5.74) is 3.12. The Hall–Kier alpha value is -2.18. The van der Waals surface area contributed by atoms with Gasteiger partial charge in [0.15, 0.2) is 0 Å². The average Bonchev–Trinajstić information content (AvgIpc) is 3.18. The Balaban J connectivity index is 1.56. The van der Waals surface area contributed by atoms with E-state index in [1.165, 1.54) is 5.56 Å². The van der Waals surface area contributed by atoms with Gasteiger partial charge in [0.25, 0.3) is 0 Å². The van der Waals surface area contributed by atoms with Crippen LogP contribution in [0.1, 0.15) is 23.2 Å². The summed E-state index contributed by atoms with van der Waals surface area (Å²) in [6.45, 7) is 2.96. The standard InChI is InChI=1S/C17H22N4O2/c22-16-6-8-21(12-16)11-14-4-2-1-3-13(14)10-18-17(23)9-15-5-7-19-20-15/h1-5,7,16,22H,6,8-12H2,(H,18,23)(H,19,20)/t16-/m1/s1. The number of benzene rings is 1. The second-order valence-electron chi connectivity index (χ2n) is 5.98. The monoisotopic (exact) mass is 314 g/mol. The van der Waals surface area contributed by atoms with Gasteiger partial charge in [0.1, 0.15) is 0 Å². The molecule has 1 aliphatic heterocycles. The Morgan fingerprint density at radius 2 is 2.17 bits per heavy atom. The first-order valence-electron chi connectivity index (χ1n) is 7.93. The molecule has 0 radical (unpaired) electrons. The number of hydrogen-bond acceptors (Lipinski definition) is 4. The number of likely N-dealkylation sites (tertiary alicyclic amines) is 1. The minimum absolute atomic E-state index is 0.0272. The number of aromatic nitrogens is 2. The Bertz CT molecular complexity index is 642. The van der Waals surface area contributed by atoms with Gasteiger partial charge in [-0.3, -0.25) is 14.8 Å². The molecule has 0 bridgehead atoms. The van der Waals surface area contributed by atoms with Crippen molar-refractivity contribution in [2.45, 2.75) is 32.0 Å². The molecule has 122 valence electrons. The maximum absolute atomic E-state index is 12.0. The summed E-state index contributed by atoms with van der Waals surface area (Å²) >= 11 is 0. The van der Waals surface area contributed by atoms with E-state index in [0.717, 1.165) is 37.3 Å². The summed E-state index contributed by atoms with van der Waals surface area (Å²) in [5.74, 6) is -0.0272. The summed E-state index contributed by atoms with van der Waals surface area (Å²) in [6.07, 6.45) is 2.57. The van der Waals surface area contributed by atoms with E-state index in [0.29, 0.717) is 13.0 Å². The molecule has 3 N–H and O–H groups in total. The smallest absolute Gasteiger partial charge is 0.226 e. The van der Waals surface area contributed by atoms with Crippen molar-refractivity contribution in [3.63, 3.8) is 0 Å². The van der Waals surface area contributed by atoms with Crippen LogP contribution in [-0.4, -0.2) is 45.3 Å². The molecule has 6 heteroatoms. The van der Waals surface area contributed by atoms with Gasteiger partial charge in [-0.2, -0.15) is 5.10 Å². The maximum Gasteiger partial charge on any atom is 0.226 e. The molecule has 1 aliphatic rings. The molecule has 23 heavy (non-hydrogen) atoms. The van der Waals surface area contributed by atoms with Crippen LogP contribution < -0.4 is 5.32 Å². The molecule has 0 unspecified atom stereocenters. The van der Waals surface area contributed by atoms with E-state index in [9.17, 15) is 9.90 Å². The molecular formula is C17H22N4O2. The fourth-order valence-electron chi connectivity index (χ4n) is 2.89. The van der Waals surface area contributed by atoms with E-state index in [4.69, 9.17) is 0 Å². The predicted octanol–water partition coefficient (Wildman–Crippen LogP) is 0.835. The lowest BCUT2D eigenvalue weighted by Crippen LogP contribution is -2.26. The van der Waals surface area contributed by atoms with Gasteiger partial charge >= 0.3 is 0 Å². The van der Waals surface area contributed by atoms with Gasteiger partial charge in [0, 0.05) is 38.1 Å². The quantitative estimate of drug-likeness (QED) is 0.738. The second kappa shape index (κ2) is 7.39. The second-order valence-corrected chi connectivity index (χ2v) is 5.98. The van der Waals surface area contributed by atoms with Gasteiger partial charge < -0.3 is 10.4 Å². The topological polar surface area (TPSA) is 81.2 Å². The van der Waals surface area contributed by atoms with Crippen LogP contribution >= 0.6 is 0 Å². The van der Waals surface area contributed by atoms with Crippen molar-refractivity contribution in [3.05, 3.63) is 53.3 Å². The maximum atomic E-state index is 12.0. The molecule has 0 saturated carbocycles. The zero-order valence-electron chi connectivity index (χ0n) is 13.0. The van der Waals surface area contributed by atoms with E-state index in [1.54, 1.807) is 12.3 Å². The third-order valence-corrected chi connectivity index (χ3v) is 4.15. The van der Waals surface area contributed by atoms with Gasteiger partial charge in [0.2, 0.25) is 5.91 Å². The first kappa shape index (κ1) is 15.7. The summed E-state index contributed by atoms with van der Waals surface area (Å²) < 4.78 is 0. The molecule has 1 amide bonds. The number of rotatable bonds is 6. The third kappa shape index (κ3) is 4.40. The number of aliphatic hydroxyl groups is 1. The number of amides is 1. The van der Waals surface area contributed by atoms with Crippen LogP contribution in [0.3, 0.4) is 0 Å². The zero-order chi connectivity index (χ0) is 16.1. The number of carbonyl (C=O) groups is 1. The Morgan fingerprint density at radius 1 is 1.35 bits per heavy atom. The van der Waals surface area contributed by atoms with Crippen LogP contribution in [0.25, 0.3) is 0 Å². The minimum Gasteiger partial charge on any atom is -0.392 e. The average molecular weight is 314 g/mol. The number of nitrogens with one attached hydrogen (secondary N) is 2. The van der Waals surface area contributed by atoms with E-state index < -0.39 is 0 Å². The highest BCUT2D eigenvalue weighted by atomic mass is 16.3. The van der Waals surface area contributed by atoms with Gasteiger partial charge in [-0.1, -0.05) is 24.3 Å². The van der Waals surface area contributed by atoms with Crippen molar-refractivity contribution in [3.8, 4) is 0 Å². The van der Waals surface area contributed by atoms with E-state index in [1.807, 2.05) is 18.2 Å².